The minimum Gasteiger partial charge on any atom is -0.508 e. The van der Waals surface area contributed by atoms with E-state index < -0.39 is 11.6 Å². The molecule has 0 atom stereocenters. The Morgan fingerprint density at radius 2 is 1.69 bits per heavy atom. The highest BCUT2D eigenvalue weighted by Gasteiger charge is 2.24. The third-order valence-electron chi connectivity index (χ3n) is 5.02. The summed E-state index contributed by atoms with van der Waals surface area (Å²) in [6.07, 6.45) is 4.59. The number of rotatable bonds is 4. The molecule has 1 aliphatic carbocycles. The molecule has 0 radical (unpaired) electrons. The largest absolute Gasteiger partial charge is 0.508 e. The van der Waals surface area contributed by atoms with E-state index in [-0.39, 0.29) is 5.75 Å². The normalized spacial score (nSPS) is 20.8. The van der Waals surface area contributed by atoms with Gasteiger partial charge in [0.05, 0.1) is 0 Å². The van der Waals surface area contributed by atoms with Gasteiger partial charge in [0.1, 0.15) is 11.6 Å². The topological polar surface area (TPSA) is 64.9 Å². The molecule has 6 heteroatoms. The third-order valence-corrected chi connectivity index (χ3v) is 5.02. The number of anilines is 1. The number of hydrogen-bond donors (Lipinski definition) is 3. The second kappa shape index (κ2) is 8.17. The molecule has 0 saturated heterocycles. The van der Waals surface area contributed by atoms with Crippen LogP contribution in [0.25, 0.3) is 0 Å². The predicted molar refractivity (Wildman–Crippen MR) is 96.6 cm³/mol. The second-order valence-corrected chi connectivity index (χ2v) is 6.81. The number of nitrogens with one attached hydrogen (secondary N) is 1. The first-order chi connectivity index (χ1) is 12.5. The van der Waals surface area contributed by atoms with E-state index in [1.165, 1.54) is 11.6 Å². The second-order valence-electron chi connectivity index (χ2n) is 6.81. The SMILES string of the molecule is O/N=C(/C[C@H]1CC[C@H](c2ccc(O)cc2)CC1)Nc1ccc(F)c(F)c1. The van der Waals surface area contributed by atoms with Gasteiger partial charge in [-0.3, -0.25) is 0 Å². The summed E-state index contributed by atoms with van der Waals surface area (Å²) in [5.41, 5.74) is 1.59. The lowest BCUT2D eigenvalue weighted by molar-refractivity contribution is 0.306. The lowest BCUT2D eigenvalue weighted by atomic mass is 9.77. The van der Waals surface area contributed by atoms with Gasteiger partial charge in [0.15, 0.2) is 11.6 Å². The van der Waals surface area contributed by atoms with E-state index in [1.54, 1.807) is 12.1 Å². The Labute approximate surface area is 151 Å². The van der Waals surface area contributed by atoms with E-state index in [0.29, 0.717) is 29.8 Å². The van der Waals surface area contributed by atoms with Gasteiger partial charge in [-0.25, -0.2) is 8.78 Å². The monoisotopic (exact) mass is 360 g/mol. The third kappa shape index (κ3) is 4.50. The first kappa shape index (κ1) is 18.2. The maximum Gasteiger partial charge on any atom is 0.160 e. The van der Waals surface area contributed by atoms with Gasteiger partial charge in [0, 0.05) is 18.2 Å². The number of hydrogen-bond acceptors (Lipinski definition) is 3. The van der Waals surface area contributed by atoms with Crippen molar-refractivity contribution in [2.45, 2.75) is 38.0 Å². The van der Waals surface area contributed by atoms with Gasteiger partial charge < -0.3 is 15.6 Å². The average molecular weight is 360 g/mol. The molecule has 4 nitrogen and oxygen atoms in total. The molecule has 2 aromatic rings. The molecule has 0 spiro atoms. The van der Waals surface area contributed by atoms with E-state index in [1.807, 2.05) is 12.1 Å². The molecule has 0 heterocycles. The minimum atomic E-state index is -0.943. The summed E-state index contributed by atoms with van der Waals surface area (Å²) in [6, 6.07) is 10.8. The molecule has 0 aliphatic heterocycles. The molecule has 2 aromatic carbocycles. The van der Waals surface area contributed by atoms with Gasteiger partial charge in [-0.05, 0) is 67.3 Å². The van der Waals surface area contributed by atoms with Crippen molar-refractivity contribution in [3.05, 3.63) is 59.7 Å². The van der Waals surface area contributed by atoms with Crippen molar-refractivity contribution in [2.75, 3.05) is 5.32 Å². The fraction of sp³-hybridized carbons (Fsp3) is 0.350. The predicted octanol–water partition coefficient (Wildman–Crippen LogP) is 5.23. The van der Waals surface area contributed by atoms with Gasteiger partial charge >= 0.3 is 0 Å². The maximum atomic E-state index is 13.3. The molecule has 3 N–H and O–H groups in total. The number of benzene rings is 2. The van der Waals surface area contributed by atoms with Crippen molar-refractivity contribution in [1.29, 1.82) is 0 Å². The molecule has 0 amide bonds. The van der Waals surface area contributed by atoms with Crippen LogP contribution in [0, 0.1) is 17.6 Å². The van der Waals surface area contributed by atoms with Crippen molar-refractivity contribution in [1.82, 2.24) is 0 Å². The Morgan fingerprint density at radius 1 is 1.00 bits per heavy atom. The maximum absolute atomic E-state index is 13.3. The number of amidine groups is 1. The van der Waals surface area contributed by atoms with E-state index in [4.69, 9.17) is 0 Å². The van der Waals surface area contributed by atoms with Crippen LogP contribution in [0.4, 0.5) is 14.5 Å². The average Bonchev–Trinajstić information content (AvgIpc) is 2.65. The summed E-state index contributed by atoms with van der Waals surface area (Å²) in [7, 11) is 0. The standard InChI is InChI=1S/C20H22F2N2O2/c21-18-10-7-16(12-19(18)22)23-20(24-26)11-13-1-3-14(4-2-13)15-5-8-17(25)9-6-15/h5-10,12-14,25-26H,1-4,11H2,(H,23,24)/t13-,14-. The smallest absolute Gasteiger partial charge is 0.160 e. The molecule has 3 rings (SSSR count). The van der Waals surface area contributed by atoms with Crippen LogP contribution in [-0.4, -0.2) is 16.1 Å². The van der Waals surface area contributed by atoms with Crippen molar-refractivity contribution in [3.63, 3.8) is 0 Å². The fourth-order valence-electron chi connectivity index (χ4n) is 3.58. The zero-order chi connectivity index (χ0) is 18.5. The Balaban J connectivity index is 1.54. The Morgan fingerprint density at radius 3 is 2.31 bits per heavy atom. The van der Waals surface area contributed by atoms with E-state index in [2.05, 4.69) is 10.5 Å². The van der Waals surface area contributed by atoms with Crippen LogP contribution in [0.5, 0.6) is 5.75 Å². The van der Waals surface area contributed by atoms with Crippen LogP contribution in [0.2, 0.25) is 0 Å². The molecular formula is C20H22F2N2O2. The Kier molecular flexibility index (Phi) is 5.71. The number of nitrogens with zero attached hydrogens (tertiary/aromatic N) is 1. The van der Waals surface area contributed by atoms with Crippen LogP contribution in [0.15, 0.2) is 47.6 Å². The number of phenolic OH excluding ortho intramolecular Hbond substituents is 1. The summed E-state index contributed by atoms with van der Waals surface area (Å²) in [5, 5.41) is 24.8. The van der Waals surface area contributed by atoms with Crippen molar-refractivity contribution >= 4 is 11.5 Å². The number of halogens is 2. The van der Waals surface area contributed by atoms with Crippen molar-refractivity contribution in [2.24, 2.45) is 11.1 Å². The van der Waals surface area contributed by atoms with E-state index in [9.17, 15) is 19.1 Å². The minimum absolute atomic E-state index is 0.273. The highest BCUT2D eigenvalue weighted by molar-refractivity contribution is 5.95. The lowest BCUT2D eigenvalue weighted by Crippen LogP contribution is -2.21. The van der Waals surface area contributed by atoms with Crippen LogP contribution in [0.3, 0.4) is 0 Å². The Hall–Kier alpha value is -2.63. The number of aromatic hydroxyl groups is 1. The summed E-state index contributed by atoms with van der Waals surface area (Å²) in [5.74, 6) is -0.390. The van der Waals surface area contributed by atoms with Crippen molar-refractivity contribution < 1.29 is 19.1 Å². The fourth-order valence-corrected chi connectivity index (χ4v) is 3.58. The summed E-state index contributed by atoms with van der Waals surface area (Å²) < 4.78 is 26.3. The zero-order valence-electron chi connectivity index (χ0n) is 14.3. The van der Waals surface area contributed by atoms with Gasteiger partial charge in [-0.2, -0.15) is 0 Å². The molecule has 0 bridgehead atoms. The molecule has 138 valence electrons. The zero-order valence-corrected chi connectivity index (χ0v) is 14.3. The van der Waals surface area contributed by atoms with Gasteiger partial charge in [0.2, 0.25) is 0 Å². The first-order valence-corrected chi connectivity index (χ1v) is 8.77. The number of phenols is 1. The molecule has 1 aliphatic rings. The van der Waals surface area contributed by atoms with E-state index >= 15 is 0 Å². The molecule has 1 fully saturated rings. The quantitative estimate of drug-likeness (QED) is 0.303. The van der Waals surface area contributed by atoms with Crippen molar-refractivity contribution in [3.8, 4) is 5.75 Å². The van der Waals surface area contributed by atoms with Crippen LogP contribution in [-0.2, 0) is 0 Å². The molecular weight excluding hydrogens is 338 g/mol. The number of oxime groups is 1. The van der Waals surface area contributed by atoms with Gasteiger partial charge in [0.25, 0.3) is 0 Å². The summed E-state index contributed by atoms with van der Waals surface area (Å²) in [6.45, 7) is 0. The highest BCUT2D eigenvalue weighted by atomic mass is 19.2. The molecule has 0 aromatic heterocycles. The molecule has 26 heavy (non-hydrogen) atoms. The Bertz CT molecular complexity index is 770. The highest BCUT2D eigenvalue weighted by Crippen LogP contribution is 2.37. The lowest BCUT2D eigenvalue weighted by Gasteiger charge is -2.29. The summed E-state index contributed by atoms with van der Waals surface area (Å²) >= 11 is 0. The van der Waals surface area contributed by atoms with Crippen LogP contribution >= 0.6 is 0 Å². The summed E-state index contributed by atoms with van der Waals surface area (Å²) in [4.78, 5) is 0. The van der Waals surface area contributed by atoms with Crippen LogP contribution < -0.4 is 5.32 Å². The molecule has 0 unspecified atom stereocenters. The molecule has 1 saturated carbocycles. The van der Waals surface area contributed by atoms with Gasteiger partial charge in [-0.1, -0.05) is 17.3 Å². The van der Waals surface area contributed by atoms with Gasteiger partial charge in [-0.15, -0.1) is 0 Å². The van der Waals surface area contributed by atoms with Crippen LogP contribution in [0.1, 0.15) is 43.6 Å². The van der Waals surface area contributed by atoms with E-state index in [0.717, 1.165) is 37.8 Å². The first-order valence-electron chi connectivity index (χ1n) is 8.77.